The fourth-order valence-corrected chi connectivity index (χ4v) is 3.73. The molecule has 1 atom stereocenters. The summed E-state index contributed by atoms with van der Waals surface area (Å²) >= 11 is 0. The molecule has 0 aliphatic rings. The average Bonchev–Trinajstić information content (AvgIpc) is 2.86. The van der Waals surface area contributed by atoms with Crippen molar-refractivity contribution in [2.45, 2.75) is 65.3 Å². The third-order valence-corrected chi connectivity index (χ3v) is 5.94. The van der Waals surface area contributed by atoms with Gasteiger partial charge in [0.25, 0.3) is 0 Å². The maximum atomic E-state index is 6.40. The van der Waals surface area contributed by atoms with Gasteiger partial charge in [-0.2, -0.15) is 0 Å². The Kier molecular flexibility index (Phi) is 9.55. The van der Waals surface area contributed by atoms with Crippen molar-refractivity contribution in [3.8, 4) is 11.3 Å². The monoisotopic (exact) mass is 474 g/mol. The third kappa shape index (κ3) is 7.48. The van der Waals surface area contributed by atoms with Crippen LogP contribution in [0, 0.1) is 6.92 Å². The van der Waals surface area contributed by atoms with Gasteiger partial charge in [-0.3, -0.25) is 9.97 Å². The van der Waals surface area contributed by atoms with E-state index in [9.17, 15) is 0 Å². The molecule has 0 fully saturated rings. The van der Waals surface area contributed by atoms with Crippen LogP contribution in [0.1, 0.15) is 57.3 Å². The van der Waals surface area contributed by atoms with Gasteiger partial charge in [0.1, 0.15) is 11.6 Å². The summed E-state index contributed by atoms with van der Waals surface area (Å²) in [7, 11) is 0. The Labute approximate surface area is 208 Å². The number of nitrogens with one attached hydrogen (secondary N) is 1. The van der Waals surface area contributed by atoms with Gasteiger partial charge in [-0.25, -0.2) is 9.97 Å². The summed E-state index contributed by atoms with van der Waals surface area (Å²) in [6.45, 7) is 11.3. The number of nitrogen functional groups attached to an aromatic ring is 1. The Morgan fingerprint density at radius 1 is 1.11 bits per heavy atom. The smallest absolute Gasteiger partial charge is 0.158 e. The van der Waals surface area contributed by atoms with Gasteiger partial charge in [0.15, 0.2) is 5.82 Å². The number of pyridine rings is 2. The molecular formula is C27H38N8. The summed E-state index contributed by atoms with van der Waals surface area (Å²) < 4.78 is 0. The van der Waals surface area contributed by atoms with Gasteiger partial charge in [-0.05, 0) is 56.9 Å². The van der Waals surface area contributed by atoms with Crippen LogP contribution < -0.4 is 21.7 Å². The zero-order valence-electron chi connectivity index (χ0n) is 21.2. The molecule has 0 aromatic carbocycles. The first kappa shape index (κ1) is 26.1. The highest BCUT2D eigenvalue weighted by Gasteiger charge is 2.17. The number of aromatic nitrogens is 4. The maximum Gasteiger partial charge on any atom is 0.158 e. The molecule has 186 valence electrons. The molecule has 3 heterocycles. The van der Waals surface area contributed by atoms with Crippen LogP contribution in [0.15, 0.2) is 55.3 Å². The van der Waals surface area contributed by atoms with Crippen molar-refractivity contribution in [3.63, 3.8) is 0 Å². The van der Waals surface area contributed by atoms with E-state index in [-0.39, 0.29) is 6.04 Å². The van der Waals surface area contributed by atoms with Gasteiger partial charge >= 0.3 is 0 Å². The Hall–Kier alpha value is -3.52. The predicted molar refractivity (Wildman–Crippen MR) is 145 cm³/mol. The normalized spacial score (nSPS) is 11.8. The Bertz CT molecular complexity index is 1100. The lowest BCUT2D eigenvalue weighted by atomic mass is 10.1. The zero-order valence-corrected chi connectivity index (χ0v) is 21.2. The number of rotatable bonds is 13. The standard InChI is InChI=1S/C27H38N8/c1-5-7-8-15-35(20(4)33-26-18-31-23(17-32-26)10-9-22(28)6-2)27-24(29)11-12-25(34-27)21-13-14-30-19(3)16-21/h11-14,16-18,22H,4-10,15,28-29H2,1-3H3,(H,32,33)/t22-/m0/s1. The Balaban J connectivity index is 1.81. The number of nitrogens with two attached hydrogens (primary N) is 2. The third-order valence-electron chi connectivity index (χ3n) is 5.94. The average molecular weight is 475 g/mol. The van der Waals surface area contributed by atoms with E-state index in [0.717, 1.165) is 67.7 Å². The largest absolute Gasteiger partial charge is 0.396 e. The number of hydrogen-bond acceptors (Lipinski definition) is 8. The van der Waals surface area contributed by atoms with Gasteiger partial charge in [0, 0.05) is 30.0 Å². The molecule has 8 nitrogen and oxygen atoms in total. The molecule has 0 aliphatic carbocycles. The molecule has 3 aromatic heterocycles. The van der Waals surface area contributed by atoms with E-state index in [4.69, 9.17) is 16.5 Å². The molecule has 0 radical (unpaired) electrons. The highest BCUT2D eigenvalue weighted by atomic mass is 15.3. The molecular weight excluding hydrogens is 436 g/mol. The molecule has 3 rings (SSSR count). The van der Waals surface area contributed by atoms with Gasteiger partial charge in [-0.1, -0.05) is 33.3 Å². The first-order valence-corrected chi connectivity index (χ1v) is 12.4. The van der Waals surface area contributed by atoms with Crippen molar-refractivity contribution in [1.29, 1.82) is 0 Å². The first-order valence-electron chi connectivity index (χ1n) is 12.4. The molecule has 5 N–H and O–H groups in total. The summed E-state index contributed by atoms with van der Waals surface area (Å²) in [5.41, 5.74) is 16.7. The van der Waals surface area contributed by atoms with Gasteiger partial charge in [-0.15, -0.1) is 0 Å². The second-order valence-electron chi connectivity index (χ2n) is 8.83. The molecule has 0 aliphatic heterocycles. The minimum Gasteiger partial charge on any atom is -0.396 e. The number of aryl methyl sites for hydroxylation is 2. The molecule has 0 bridgehead atoms. The molecule has 0 amide bonds. The lowest BCUT2D eigenvalue weighted by Crippen LogP contribution is -2.29. The fraction of sp³-hybridized carbons (Fsp3) is 0.407. The van der Waals surface area contributed by atoms with Crippen LogP contribution in [0.2, 0.25) is 0 Å². The highest BCUT2D eigenvalue weighted by Crippen LogP contribution is 2.29. The zero-order chi connectivity index (χ0) is 25.2. The summed E-state index contributed by atoms with van der Waals surface area (Å²) in [6, 6.07) is 7.98. The van der Waals surface area contributed by atoms with Crippen LogP contribution in [0.4, 0.5) is 17.3 Å². The van der Waals surface area contributed by atoms with Crippen molar-refractivity contribution in [1.82, 2.24) is 19.9 Å². The van der Waals surface area contributed by atoms with Crippen molar-refractivity contribution in [2.75, 3.05) is 22.5 Å². The molecule has 0 unspecified atom stereocenters. The maximum absolute atomic E-state index is 6.40. The van der Waals surface area contributed by atoms with Crippen LogP contribution >= 0.6 is 0 Å². The molecule has 0 spiro atoms. The number of unbranched alkanes of at least 4 members (excludes halogenated alkanes) is 2. The first-order chi connectivity index (χ1) is 16.9. The van der Waals surface area contributed by atoms with E-state index in [1.165, 1.54) is 0 Å². The van der Waals surface area contributed by atoms with Crippen LogP contribution in [0.3, 0.4) is 0 Å². The topological polar surface area (TPSA) is 119 Å². The summed E-state index contributed by atoms with van der Waals surface area (Å²) in [6.07, 6.45) is 11.2. The lowest BCUT2D eigenvalue weighted by molar-refractivity contribution is 0.590. The minimum absolute atomic E-state index is 0.191. The second-order valence-corrected chi connectivity index (χ2v) is 8.83. The molecule has 35 heavy (non-hydrogen) atoms. The lowest BCUT2D eigenvalue weighted by Gasteiger charge is -2.27. The molecule has 0 saturated carbocycles. The van der Waals surface area contributed by atoms with E-state index in [1.807, 2.05) is 36.1 Å². The van der Waals surface area contributed by atoms with Crippen molar-refractivity contribution in [3.05, 3.63) is 66.6 Å². The van der Waals surface area contributed by atoms with Crippen molar-refractivity contribution < 1.29 is 0 Å². The number of nitrogens with zero attached hydrogens (tertiary/aromatic N) is 5. The van der Waals surface area contributed by atoms with E-state index in [1.54, 1.807) is 18.6 Å². The molecule has 3 aromatic rings. The van der Waals surface area contributed by atoms with Crippen LogP contribution in [-0.4, -0.2) is 32.5 Å². The summed E-state index contributed by atoms with van der Waals surface area (Å²) in [5, 5.41) is 3.29. The Morgan fingerprint density at radius 2 is 1.94 bits per heavy atom. The van der Waals surface area contributed by atoms with Crippen LogP contribution in [0.5, 0.6) is 0 Å². The van der Waals surface area contributed by atoms with Gasteiger partial charge in [0.05, 0.1) is 29.5 Å². The van der Waals surface area contributed by atoms with Crippen LogP contribution in [0.25, 0.3) is 11.3 Å². The highest BCUT2D eigenvalue weighted by molar-refractivity contribution is 5.72. The van der Waals surface area contributed by atoms with E-state index >= 15 is 0 Å². The van der Waals surface area contributed by atoms with Gasteiger partial charge < -0.3 is 21.7 Å². The fourth-order valence-electron chi connectivity index (χ4n) is 3.73. The molecule has 8 heteroatoms. The number of hydrogen-bond donors (Lipinski definition) is 3. The van der Waals surface area contributed by atoms with E-state index in [0.29, 0.717) is 23.1 Å². The predicted octanol–water partition coefficient (Wildman–Crippen LogP) is 5.07. The second kappa shape index (κ2) is 12.8. The van der Waals surface area contributed by atoms with E-state index in [2.05, 4.69) is 40.7 Å². The van der Waals surface area contributed by atoms with Crippen LogP contribution in [-0.2, 0) is 6.42 Å². The quantitative estimate of drug-likeness (QED) is 0.294. The van der Waals surface area contributed by atoms with E-state index < -0.39 is 0 Å². The summed E-state index contributed by atoms with van der Waals surface area (Å²) in [4.78, 5) is 20.3. The minimum atomic E-state index is 0.191. The summed E-state index contributed by atoms with van der Waals surface area (Å²) in [5.74, 6) is 1.95. The Morgan fingerprint density at radius 3 is 2.63 bits per heavy atom. The molecule has 0 saturated heterocycles. The van der Waals surface area contributed by atoms with Gasteiger partial charge in [0.2, 0.25) is 0 Å². The SMILES string of the molecule is C=C(Nc1cnc(CC[C@@H](N)CC)cn1)N(CCCCC)c1nc(-c2ccnc(C)c2)ccc1N. The van der Waals surface area contributed by atoms with Crippen molar-refractivity contribution in [2.24, 2.45) is 5.73 Å². The van der Waals surface area contributed by atoms with Crippen molar-refractivity contribution >= 4 is 17.3 Å². The number of anilines is 3.